The average Bonchev–Trinajstić information content (AvgIpc) is 3.01. The van der Waals surface area contributed by atoms with Crippen molar-refractivity contribution in [3.8, 4) is 0 Å². The highest BCUT2D eigenvalue weighted by molar-refractivity contribution is 7.11. The molecule has 1 fully saturated rings. The van der Waals surface area contributed by atoms with Crippen LogP contribution in [0, 0.1) is 5.92 Å². The van der Waals surface area contributed by atoms with E-state index in [1.165, 1.54) is 34.8 Å². The minimum atomic E-state index is -0.397. The number of ether oxygens (including phenoxy) is 1. The van der Waals surface area contributed by atoms with Crippen molar-refractivity contribution in [1.82, 2.24) is 10.3 Å². The second kappa shape index (κ2) is 9.70. The van der Waals surface area contributed by atoms with Crippen molar-refractivity contribution < 1.29 is 9.53 Å². The number of fused-ring (bicyclic) bond motifs is 1. The molecule has 1 saturated heterocycles. The third-order valence-corrected chi connectivity index (χ3v) is 6.05. The predicted molar refractivity (Wildman–Crippen MR) is 98.9 cm³/mol. The summed E-state index contributed by atoms with van der Waals surface area (Å²) >= 11 is 1.86. The summed E-state index contributed by atoms with van der Waals surface area (Å²) in [5.41, 5.74) is 7.39. The molecule has 2 aliphatic rings. The highest BCUT2D eigenvalue weighted by atomic mass is 35.5. The number of thiazole rings is 1. The van der Waals surface area contributed by atoms with Gasteiger partial charge < -0.3 is 15.8 Å². The Morgan fingerprint density at radius 2 is 2.08 bits per heavy atom. The molecule has 1 aliphatic carbocycles. The lowest BCUT2D eigenvalue weighted by atomic mass is 9.92. The summed E-state index contributed by atoms with van der Waals surface area (Å²) in [5.74, 6) is 0.241. The zero-order chi connectivity index (χ0) is 16.1. The molecule has 1 amide bonds. The van der Waals surface area contributed by atoms with Crippen LogP contribution in [-0.4, -0.2) is 36.7 Å². The van der Waals surface area contributed by atoms with Crippen LogP contribution in [-0.2, 0) is 28.8 Å². The standard InChI is InChI=1S/C17H27N3O2S.ClH/c18-16(12-7-10-22-11-8-12)17(21)19-9-3-6-15-20-13-4-1-2-5-14(13)23-15;/h12,16H,1-11,18H2,(H,19,21);1H. The molecule has 1 unspecified atom stereocenters. The molecule has 2 heterocycles. The van der Waals surface area contributed by atoms with Gasteiger partial charge in [-0.25, -0.2) is 4.98 Å². The minimum Gasteiger partial charge on any atom is -0.381 e. The van der Waals surface area contributed by atoms with Gasteiger partial charge in [-0.3, -0.25) is 4.79 Å². The third kappa shape index (κ3) is 5.15. The van der Waals surface area contributed by atoms with Gasteiger partial charge in [-0.2, -0.15) is 0 Å². The summed E-state index contributed by atoms with van der Waals surface area (Å²) < 4.78 is 5.32. The summed E-state index contributed by atoms with van der Waals surface area (Å²) in [6.07, 6.45) is 8.57. The number of hydrogen-bond acceptors (Lipinski definition) is 5. The quantitative estimate of drug-likeness (QED) is 0.750. The van der Waals surface area contributed by atoms with Gasteiger partial charge in [0.15, 0.2) is 0 Å². The number of amides is 1. The fraction of sp³-hybridized carbons (Fsp3) is 0.765. The summed E-state index contributed by atoms with van der Waals surface area (Å²) in [6, 6.07) is -0.397. The van der Waals surface area contributed by atoms with E-state index in [9.17, 15) is 4.79 Å². The Morgan fingerprint density at radius 1 is 1.33 bits per heavy atom. The zero-order valence-corrected chi connectivity index (χ0v) is 15.7. The topological polar surface area (TPSA) is 77.2 Å². The molecule has 5 nitrogen and oxygen atoms in total. The van der Waals surface area contributed by atoms with E-state index in [1.54, 1.807) is 0 Å². The number of aryl methyl sites for hydroxylation is 3. The Labute approximate surface area is 154 Å². The van der Waals surface area contributed by atoms with Crippen molar-refractivity contribution in [2.24, 2.45) is 11.7 Å². The fourth-order valence-corrected chi connectivity index (χ4v) is 4.57. The molecule has 0 saturated carbocycles. The van der Waals surface area contributed by atoms with Gasteiger partial charge in [0.05, 0.1) is 16.7 Å². The third-order valence-electron chi connectivity index (χ3n) is 4.83. The predicted octanol–water partition coefficient (Wildman–Crippen LogP) is 2.25. The van der Waals surface area contributed by atoms with Crippen LogP contribution < -0.4 is 11.1 Å². The van der Waals surface area contributed by atoms with Crippen molar-refractivity contribution in [3.05, 3.63) is 15.6 Å². The van der Waals surface area contributed by atoms with Crippen LogP contribution in [0.5, 0.6) is 0 Å². The monoisotopic (exact) mass is 373 g/mol. The lowest BCUT2D eigenvalue weighted by Gasteiger charge is -2.26. The first-order valence-electron chi connectivity index (χ1n) is 8.82. The normalized spacial score (nSPS) is 19.2. The number of nitrogens with zero attached hydrogens (tertiary/aromatic N) is 1. The summed E-state index contributed by atoms with van der Waals surface area (Å²) in [6.45, 7) is 2.13. The molecule has 7 heteroatoms. The van der Waals surface area contributed by atoms with Crippen molar-refractivity contribution in [3.63, 3.8) is 0 Å². The molecule has 0 radical (unpaired) electrons. The number of carbonyl (C=O) groups is 1. The lowest BCUT2D eigenvalue weighted by Crippen LogP contribution is -2.47. The molecule has 1 aromatic heterocycles. The van der Waals surface area contributed by atoms with Gasteiger partial charge in [-0.15, -0.1) is 23.7 Å². The highest BCUT2D eigenvalue weighted by Crippen LogP contribution is 2.27. The van der Waals surface area contributed by atoms with Gasteiger partial charge >= 0.3 is 0 Å². The number of nitrogens with one attached hydrogen (secondary N) is 1. The Hall–Kier alpha value is -0.690. The smallest absolute Gasteiger partial charge is 0.237 e. The first-order valence-corrected chi connectivity index (χ1v) is 9.64. The van der Waals surface area contributed by atoms with Gasteiger partial charge in [0.25, 0.3) is 0 Å². The van der Waals surface area contributed by atoms with Crippen LogP contribution in [0.4, 0.5) is 0 Å². The van der Waals surface area contributed by atoms with Gasteiger partial charge in [0, 0.05) is 31.1 Å². The Balaban J connectivity index is 0.00000208. The number of nitrogens with two attached hydrogens (primary N) is 1. The van der Waals surface area contributed by atoms with Gasteiger partial charge in [0.1, 0.15) is 0 Å². The Morgan fingerprint density at radius 3 is 2.83 bits per heavy atom. The van der Waals surface area contributed by atoms with E-state index in [2.05, 4.69) is 5.32 Å². The average molecular weight is 374 g/mol. The molecule has 3 N–H and O–H groups in total. The molecule has 0 spiro atoms. The molecule has 1 aromatic rings. The van der Waals surface area contributed by atoms with E-state index in [-0.39, 0.29) is 24.2 Å². The highest BCUT2D eigenvalue weighted by Gasteiger charge is 2.26. The summed E-state index contributed by atoms with van der Waals surface area (Å²) in [5, 5.41) is 4.21. The molecule has 1 atom stereocenters. The molecule has 0 aromatic carbocycles. The largest absolute Gasteiger partial charge is 0.381 e. The van der Waals surface area contributed by atoms with Crippen molar-refractivity contribution in [2.45, 2.75) is 57.4 Å². The number of aromatic nitrogens is 1. The fourth-order valence-electron chi connectivity index (χ4n) is 3.37. The molecular formula is C17H28ClN3O2S. The first-order chi connectivity index (χ1) is 11.2. The lowest BCUT2D eigenvalue weighted by molar-refractivity contribution is -0.124. The zero-order valence-electron chi connectivity index (χ0n) is 14.1. The number of rotatable bonds is 6. The Bertz CT molecular complexity index is 508. The van der Waals surface area contributed by atoms with Crippen LogP contribution in [0.3, 0.4) is 0 Å². The number of hydrogen-bond donors (Lipinski definition) is 2. The first kappa shape index (κ1) is 19.6. The SMILES string of the molecule is Cl.NC(C(=O)NCCCc1nc2c(s1)CCCC2)C1CCOCC1. The summed E-state index contributed by atoms with van der Waals surface area (Å²) in [4.78, 5) is 18.3. The van der Waals surface area contributed by atoms with E-state index < -0.39 is 6.04 Å². The summed E-state index contributed by atoms with van der Waals surface area (Å²) in [7, 11) is 0. The maximum Gasteiger partial charge on any atom is 0.237 e. The van der Waals surface area contributed by atoms with Crippen molar-refractivity contribution in [2.75, 3.05) is 19.8 Å². The molecule has 1 aliphatic heterocycles. The second-order valence-corrected chi connectivity index (χ2v) is 7.72. The van der Waals surface area contributed by atoms with Crippen LogP contribution >= 0.6 is 23.7 Å². The van der Waals surface area contributed by atoms with E-state index in [4.69, 9.17) is 15.5 Å². The van der Waals surface area contributed by atoms with E-state index in [1.807, 2.05) is 11.3 Å². The minimum absolute atomic E-state index is 0. The number of halogens is 1. The molecular weight excluding hydrogens is 346 g/mol. The molecule has 0 bridgehead atoms. The Kier molecular flexibility index (Phi) is 7.94. The van der Waals surface area contributed by atoms with Crippen LogP contribution in [0.1, 0.15) is 47.7 Å². The van der Waals surface area contributed by atoms with E-state index >= 15 is 0 Å². The van der Waals surface area contributed by atoms with Gasteiger partial charge in [-0.05, 0) is 50.9 Å². The second-order valence-electron chi connectivity index (χ2n) is 6.55. The molecule has 24 heavy (non-hydrogen) atoms. The van der Waals surface area contributed by atoms with Gasteiger partial charge in [-0.1, -0.05) is 0 Å². The van der Waals surface area contributed by atoms with Crippen molar-refractivity contribution in [1.29, 1.82) is 0 Å². The van der Waals surface area contributed by atoms with Crippen LogP contribution in [0.15, 0.2) is 0 Å². The molecule has 3 rings (SSSR count). The van der Waals surface area contributed by atoms with E-state index in [0.717, 1.165) is 45.3 Å². The van der Waals surface area contributed by atoms with Gasteiger partial charge in [0.2, 0.25) is 5.91 Å². The number of carbonyl (C=O) groups excluding carboxylic acids is 1. The molecule has 136 valence electrons. The van der Waals surface area contributed by atoms with E-state index in [0.29, 0.717) is 6.54 Å². The van der Waals surface area contributed by atoms with Crippen LogP contribution in [0.2, 0.25) is 0 Å². The maximum atomic E-state index is 12.1. The van der Waals surface area contributed by atoms with Crippen molar-refractivity contribution >= 4 is 29.7 Å². The maximum absolute atomic E-state index is 12.1. The van der Waals surface area contributed by atoms with Crippen LogP contribution in [0.25, 0.3) is 0 Å².